The predicted molar refractivity (Wildman–Crippen MR) is 90.0 cm³/mol. The number of rotatable bonds is 6. The molecule has 2 heterocycles. The first kappa shape index (κ1) is 19.7. The smallest absolute Gasteiger partial charge is 0.377 e. The Hall–Kier alpha value is -2.34. The van der Waals surface area contributed by atoms with Gasteiger partial charge in [0.2, 0.25) is 5.76 Å². The first-order valence-corrected chi connectivity index (χ1v) is 8.23. The van der Waals surface area contributed by atoms with E-state index in [1.54, 1.807) is 0 Å². The Morgan fingerprint density at radius 1 is 1.21 bits per heavy atom. The number of carbonyl (C=O) groups is 1. The highest BCUT2D eigenvalue weighted by molar-refractivity contribution is 5.86. The third-order valence-corrected chi connectivity index (χ3v) is 2.72. The zero-order chi connectivity index (χ0) is 17.8. The van der Waals surface area contributed by atoms with Gasteiger partial charge in [0.1, 0.15) is 19.3 Å². The van der Waals surface area contributed by atoms with Gasteiger partial charge in [0, 0.05) is 0 Å². The molecule has 1 aromatic heterocycles. The Balaban J connectivity index is 0.000000671. The lowest BCUT2D eigenvalue weighted by atomic mass is 10.2. The van der Waals surface area contributed by atoms with Crippen molar-refractivity contribution in [2.24, 2.45) is 0 Å². The number of hydrogen-bond donors (Lipinski definition) is 0. The topological polar surface area (TPSA) is 74.1 Å². The summed E-state index contributed by atoms with van der Waals surface area (Å²) in [5.41, 5.74) is 0.905. The van der Waals surface area contributed by atoms with Crippen molar-refractivity contribution in [3.63, 3.8) is 0 Å². The summed E-state index contributed by atoms with van der Waals surface area (Å²) in [6.07, 6.45) is 0.125. The van der Waals surface area contributed by atoms with Gasteiger partial charge in [-0.2, -0.15) is 0 Å². The number of benzene rings is 1. The van der Waals surface area contributed by atoms with E-state index >= 15 is 0 Å². The summed E-state index contributed by atoms with van der Waals surface area (Å²) in [5.74, 6) is -0.293. The second kappa shape index (κ2) is 11.2. The highest BCUT2D eigenvalue weighted by Gasteiger charge is 2.24. The minimum absolute atomic E-state index is 0.0210. The van der Waals surface area contributed by atoms with E-state index in [1.807, 2.05) is 58.0 Å². The lowest BCUT2D eigenvalue weighted by Crippen LogP contribution is -2.05. The summed E-state index contributed by atoms with van der Waals surface area (Å²) < 4.78 is 20.3. The van der Waals surface area contributed by atoms with Crippen molar-refractivity contribution in [3.05, 3.63) is 47.7 Å². The minimum atomic E-state index is -0.570. The van der Waals surface area contributed by atoms with E-state index in [0.717, 1.165) is 5.56 Å². The molecule has 0 saturated carbocycles. The summed E-state index contributed by atoms with van der Waals surface area (Å²) in [6.45, 7) is 9.29. The van der Waals surface area contributed by atoms with E-state index in [9.17, 15) is 4.79 Å². The Morgan fingerprint density at radius 3 is 2.50 bits per heavy atom. The van der Waals surface area contributed by atoms with Crippen LogP contribution in [0.5, 0.6) is 5.88 Å². The first-order valence-electron chi connectivity index (χ1n) is 8.23. The van der Waals surface area contributed by atoms with Crippen LogP contribution in [0.25, 0.3) is 0 Å². The second-order valence-corrected chi connectivity index (χ2v) is 4.36. The molecule has 2 aromatic rings. The van der Waals surface area contributed by atoms with Crippen LogP contribution in [0.1, 0.15) is 43.8 Å². The normalized spacial score (nSPS) is 14.4. The van der Waals surface area contributed by atoms with Gasteiger partial charge in [-0.15, -0.1) is 0 Å². The molecule has 6 nitrogen and oxygen atoms in total. The van der Waals surface area contributed by atoms with Crippen molar-refractivity contribution in [1.29, 1.82) is 0 Å². The molecule has 0 aliphatic carbocycles. The molecular weight excluding hydrogens is 310 g/mol. The van der Waals surface area contributed by atoms with E-state index in [-0.39, 0.29) is 24.4 Å². The maximum atomic E-state index is 11.7. The molecule has 0 spiro atoms. The Morgan fingerprint density at radius 2 is 1.88 bits per heavy atom. The zero-order valence-electron chi connectivity index (χ0n) is 14.7. The molecular formula is C18H25NO5. The molecule has 1 fully saturated rings. The molecule has 1 atom stereocenters. The highest BCUT2D eigenvalue weighted by atomic mass is 16.6. The number of hydrogen-bond acceptors (Lipinski definition) is 6. The molecule has 0 unspecified atom stereocenters. The predicted octanol–water partition coefficient (Wildman–Crippen LogP) is 3.86. The average molecular weight is 335 g/mol. The standard InChI is InChI=1S/C14H13NO5.2C2H6/c16-14(19-7-10-4-2-1-3-5-10)12-6-13(15-20-12)18-9-11-8-17-11;2*1-2/h1-6,11H,7-9H2;2*1-2H3/t11-;;/m1../s1. The van der Waals surface area contributed by atoms with Crippen LogP contribution in [-0.2, 0) is 16.1 Å². The molecule has 0 radical (unpaired) electrons. The Kier molecular flexibility index (Phi) is 9.23. The zero-order valence-corrected chi connectivity index (χ0v) is 14.7. The molecule has 1 saturated heterocycles. The molecule has 3 rings (SSSR count). The van der Waals surface area contributed by atoms with Gasteiger partial charge in [-0.25, -0.2) is 4.79 Å². The number of carbonyl (C=O) groups excluding carboxylic acids is 1. The summed E-state index contributed by atoms with van der Waals surface area (Å²) in [5, 5.41) is 3.64. The Bertz CT molecular complexity index is 578. The van der Waals surface area contributed by atoms with Crippen LogP contribution in [-0.4, -0.2) is 30.4 Å². The molecule has 0 amide bonds. The average Bonchev–Trinajstić information content (AvgIpc) is 3.38. The van der Waals surface area contributed by atoms with Crippen LogP contribution in [0.2, 0.25) is 0 Å². The van der Waals surface area contributed by atoms with E-state index in [0.29, 0.717) is 13.2 Å². The van der Waals surface area contributed by atoms with Crippen LogP contribution in [0.4, 0.5) is 0 Å². The lowest BCUT2D eigenvalue weighted by Gasteiger charge is -2.01. The van der Waals surface area contributed by atoms with Crippen molar-refractivity contribution in [2.75, 3.05) is 13.2 Å². The van der Waals surface area contributed by atoms with Crippen LogP contribution >= 0.6 is 0 Å². The van der Waals surface area contributed by atoms with Crippen molar-refractivity contribution in [3.8, 4) is 5.88 Å². The molecule has 132 valence electrons. The van der Waals surface area contributed by atoms with Gasteiger partial charge in [-0.3, -0.25) is 0 Å². The first-order chi connectivity index (χ1) is 11.8. The number of ether oxygens (including phenoxy) is 3. The fourth-order valence-electron chi connectivity index (χ4n) is 1.56. The molecule has 0 N–H and O–H groups in total. The number of epoxide rings is 1. The van der Waals surface area contributed by atoms with Gasteiger partial charge in [-0.05, 0) is 10.7 Å². The van der Waals surface area contributed by atoms with Crippen molar-refractivity contribution in [1.82, 2.24) is 5.16 Å². The molecule has 24 heavy (non-hydrogen) atoms. The van der Waals surface area contributed by atoms with Crippen molar-refractivity contribution >= 4 is 5.97 Å². The van der Waals surface area contributed by atoms with Gasteiger partial charge in [0.15, 0.2) is 0 Å². The van der Waals surface area contributed by atoms with E-state index < -0.39 is 5.97 Å². The largest absolute Gasteiger partial charge is 0.473 e. The summed E-state index contributed by atoms with van der Waals surface area (Å²) in [4.78, 5) is 11.7. The van der Waals surface area contributed by atoms with Gasteiger partial charge in [0.05, 0.1) is 12.7 Å². The SMILES string of the molecule is CC.CC.O=C(OCc1ccccc1)c1cc(OC[C@H]2CO2)no1. The van der Waals surface area contributed by atoms with Gasteiger partial charge in [-0.1, -0.05) is 58.0 Å². The summed E-state index contributed by atoms with van der Waals surface area (Å²) in [6, 6.07) is 10.8. The molecule has 6 heteroatoms. The van der Waals surface area contributed by atoms with Crippen LogP contribution < -0.4 is 4.74 Å². The monoisotopic (exact) mass is 335 g/mol. The van der Waals surface area contributed by atoms with Gasteiger partial charge < -0.3 is 18.7 Å². The lowest BCUT2D eigenvalue weighted by molar-refractivity contribution is 0.0425. The van der Waals surface area contributed by atoms with E-state index in [2.05, 4.69) is 5.16 Å². The number of nitrogens with zero attached hydrogens (tertiary/aromatic N) is 1. The second-order valence-electron chi connectivity index (χ2n) is 4.36. The molecule has 1 aliphatic heterocycles. The summed E-state index contributed by atoms with van der Waals surface area (Å²) in [7, 11) is 0. The van der Waals surface area contributed by atoms with E-state index in [4.69, 9.17) is 18.7 Å². The Labute approximate surface area is 142 Å². The summed E-state index contributed by atoms with van der Waals surface area (Å²) >= 11 is 0. The quantitative estimate of drug-likeness (QED) is 0.589. The maximum Gasteiger partial charge on any atom is 0.377 e. The van der Waals surface area contributed by atoms with Crippen LogP contribution in [0.15, 0.2) is 40.9 Å². The van der Waals surface area contributed by atoms with Crippen molar-refractivity contribution in [2.45, 2.75) is 40.4 Å². The molecule has 0 bridgehead atoms. The highest BCUT2D eigenvalue weighted by Crippen LogP contribution is 2.16. The van der Waals surface area contributed by atoms with E-state index in [1.165, 1.54) is 6.07 Å². The molecule has 1 aliphatic rings. The minimum Gasteiger partial charge on any atom is -0.473 e. The third-order valence-electron chi connectivity index (χ3n) is 2.72. The maximum absolute atomic E-state index is 11.7. The fourth-order valence-corrected chi connectivity index (χ4v) is 1.56. The molecule has 1 aromatic carbocycles. The van der Waals surface area contributed by atoms with Crippen LogP contribution in [0.3, 0.4) is 0 Å². The number of esters is 1. The number of aromatic nitrogens is 1. The van der Waals surface area contributed by atoms with Crippen molar-refractivity contribution < 1.29 is 23.5 Å². The third kappa shape index (κ3) is 6.83. The van der Waals surface area contributed by atoms with Crippen LogP contribution in [0, 0.1) is 0 Å². The fraction of sp³-hybridized carbons (Fsp3) is 0.444. The van der Waals surface area contributed by atoms with Gasteiger partial charge >= 0.3 is 5.97 Å². The van der Waals surface area contributed by atoms with Gasteiger partial charge in [0.25, 0.3) is 5.88 Å².